The molecule has 164 valence electrons. The van der Waals surface area contributed by atoms with Crippen LogP contribution in [0.1, 0.15) is 5.56 Å². The maximum Gasteiger partial charge on any atom is 0.414 e. The zero-order valence-corrected chi connectivity index (χ0v) is 16.0. The molecule has 1 aliphatic heterocycles. The predicted octanol–water partition coefficient (Wildman–Crippen LogP) is 1.86. The third kappa shape index (κ3) is 5.81. The standard InChI is InChI=1S/C18H18F3N7O3/c19-14(20)9-31-27-12-6-28(7-12)17-24-4-11(5-25-17)13-3-1-2-10(15(13)21)8-30-18(29)26-16(22)23/h1-5,14H,6-9H2,(H4,22,23,26,29). The second kappa shape index (κ2) is 9.73. The molecule has 1 aliphatic rings. The number of alkyl carbamates (subject to hydrolysis) is 1. The van der Waals surface area contributed by atoms with Crippen LogP contribution in [0.5, 0.6) is 0 Å². The summed E-state index contributed by atoms with van der Waals surface area (Å²) in [6.07, 6.45) is -0.673. The quantitative estimate of drug-likeness (QED) is 0.341. The summed E-state index contributed by atoms with van der Waals surface area (Å²) in [6.45, 7) is -0.439. The van der Waals surface area contributed by atoms with Gasteiger partial charge in [-0.05, 0) is 0 Å². The number of aromatic nitrogens is 2. The summed E-state index contributed by atoms with van der Waals surface area (Å²) < 4.78 is 43.7. The van der Waals surface area contributed by atoms with Crippen LogP contribution in [-0.4, -0.2) is 53.9 Å². The van der Waals surface area contributed by atoms with E-state index in [4.69, 9.17) is 15.9 Å². The average Bonchev–Trinajstić information content (AvgIpc) is 2.68. The lowest BCUT2D eigenvalue weighted by Crippen LogP contribution is -2.48. The Balaban J connectivity index is 1.61. The molecule has 1 aromatic carbocycles. The molecule has 0 bridgehead atoms. The van der Waals surface area contributed by atoms with Crippen molar-refractivity contribution in [3.8, 4) is 11.1 Å². The van der Waals surface area contributed by atoms with E-state index in [0.29, 0.717) is 30.3 Å². The van der Waals surface area contributed by atoms with Crippen LogP contribution in [0.3, 0.4) is 0 Å². The normalized spacial score (nSPS) is 12.9. The molecule has 4 N–H and O–H groups in total. The van der Waals surface area contributed by atoms with Crippen LogP contribution < -0.4 is 16.0 Å². The van der Waals surface area contributed by atoms with E-state index < -0.39 is 30.9 Å². The van der Waals surface area contributed by atoms with Gasteiger partial charge >= 0.3 is 6.09 Å². The van der Waals surface area contributed by atoms with E-state index in [0.717, 1.165) is 0 Å². The highest BCUT2D eigenvalue weighted by Gasteiger charge is 2.25. The highest BCUT2D eigenvalue weighted by Crippen LogP contribution is 2.26. The number of nitrogens with one attached hydrogen (secondary N) is 2. The van der Waals surface area contributed by atoms with Crippen molar-refractivity contribution in [3.63, 3.8) is 0 Å². The number of ether oxygens (including phenoxy) is 1. The summed E-state index contributed by atoms with van der Waals surface area (Å²) in [5, 5.41) is 12.5. The molecule has 0 atom stereocenters. The SMILES string of the molecule is N=C(N)NC(=O)OCc1cccc(-c2cnc(N3CC(=NOCC(F)F)C3)nc2)c1F. The summed E-state index contributed by atoms with van der Waals surface area (Å²) in [5.74, 6) is -0.820. The van der Waals surface area contributed by atoms with Crippen molar-refractivity contribution in [2.24, 2.45) is 10.9 Å². The smallest absolute Gasteiger partial charge is 0.414 e. The molecule has 10 nitrogen and oxygen atoms in total. The van der Waals surface area contributed by atoms with E-state index in [9.17, 15) is 18.0 Å². The van der Waals surface area contributed by atoms with E-state index >= 15 is 0 Å². The number of rotatable bonds is 7. The molecule has 0 saturated carbocycles. The molecule has 1 fully saturated rings. The second-order valence-corrected chi connectivity index (χ2v) is 6.37. The van der Waals surface area contributed by atoms with Crippen LogP contribution >= 0.6 is 0 Å². The molecule has 31 heavy (non-hydrogen) atoms. The van der Waals surface area contributed by atoms with Crippen LogP contribution in [0.25, 0.3) is 11.1 Å². The Labute approximate surface area is 174 Å². The molecule has 3 rings (SSSR count). The fourth-order valence-corrected chi connectivity index (χ4v) is 2.61. The van der Waals surface area contributed by atoms with Gasteiger partial charge in [-0.3, -0.25) is 10.7 Å². The number of nitrogens with zero attached hydrogens (tertiary/aromatic N) is 4. The summed E-state index contributed by atoms with van der Waals surface area (Å²) in [7, 11) is 0. The van der Waals surface area contributed by atoms with Crippen LogP contribution in [-0.2, 0) is 16.2 Å². The number of carbonyl (C=O) groups is 1. The molecular weight excluding hydrogens is 419 g/mol. The van der Waals surface area contributed by atoms with Crippen LogP contribution in [0.4, 0.5) is 23.9 Å². The maximum absolute atomic E-state index is 14.8. The van der Waals surface area contributed by atoms with Crippen LogP contribution in [0.2, 0.25) is 0 Å². The number of nitrogens with two attached hydrogens (primary N) is 1. The van der Waals surface area contributed by atoms with Crippen molar-refractivity contribution >= 4 is 23.7 Å². The van der Waals surface area contributed by atoms with Gasteiger partial charge < -0.3 is 20.2 Å². The monoisotopic (exact) mass is 437 g/mol. The van der Waals surface area contributed by atoms with Crippen molar-refractivity contribution < 1.29 is 27.5 Å². The van der Waals surface area contributed by atoms with Crippen molar-refractivity contribution in [3.05, 3.63) is 42.0 Å². The van der Waals surface area contributed by atoms with Gasteiger partial charge in [-0.25, -0.2) is 27.9 Å². The molecule has 2 aromatic rings. The Morgan fingerprint density at radius 2 is 2.03 bits per heavy atom. The van der Waals surface area contributed by atoms with Crippen molar-refractivity contribution in [2.45, 2.75) is 13.0 Å². The molecule has 0 aliphatic carbocycles. The van der Waals surface area contributed by atoms with E-state index in [-0.39, 0.29) is 17.7 Å². The van der Waals surface area contributed by atoms with Gasteiger partial charge in [-0.15, -0.1) is 0 Å². The Hall–Kier alpha value is -3.90. The fourth-order valence-electron chi connectivity index (χ4n) is 2.61. The van der Waals surface area contributed by atoms with Crippen LogP contribution in [0, 0.1) is 11.2 Å². The number of hydrogen-bond acceptors (Lipinski definition) is 8. The first-order chi connectivity index (χ1) is 14.8. The van der Waals surface area contributed by atoms with Gasteiger partial charge in [0, 0.05) is 29.1 Å². The predicted molar refractivity (Wildman–Crippen MR) is 104 cm³/mol. The second-order valence-electron chi connectivity index (χ2n) is 6.37. The summed E-state index contributed by atoms with van der Waals surface area (Å²) in [6, 6.07) is 4.57. The molecular formula is C18H18F3N7O3. The summed E-state index contributed by atoms with van der Waals surface area (Å²) in [4.78, 5) is 26.0. The fraction of sp³-hybridized carbons (Fsp3) is 0.278. The summed E-state index contributed by atoms with van der Waals surface area (Å²) >= 11 is 0. The van der Waals surface area contributed by atoms with Gasteiger partial charge in [0.25, 0.3) is 6.43 Å². The lowest BCUT2D eigenvalue weighted by atomic mass is 10.1. The number of oxime groups is 1. The lowest BCUT2D eigenvalue weighted by Gasteiger charge is -2.31. The number of benzene rings is 1. The van der Waals surface area contributed by atoms with Gasteiger partial charge in [-0.1, -0.05) is 23.4 Å². The molecule has 0 unspecified atom stereocenters. The molecule has 0 radical (unpaired) electrons. The Bertz CT molecular complexity index is 978. The third-order valence-corrected chi connectivity index (χ3v) is 4.05. The topological polar surface area (TPSA) is 139 Å². The lowest BCUT2D eigenvalue weighted by molar-refractivity contribution is 0.0197. The number of halogens is 3. The van der Waals surface area contributed by atoms with Crippen molar-refractivity contribution in [1.82, 2.24) is 15.3 Å². The minimum Gasteiger partial charge on any atom is -0.444 e. The number of hydrogen-bond donors (Lipinski definition) is 3. The van der Waals surface area contributed by atoms with Gasteiger partial charge in [-0.2, -0.15) is 0 Å². The first kappa shape index (κ1) is 21.8. The minimum atomic E-state index is -2.58. The van der Waals surface area contributed by atoms with Gasteiger partial charge in [0.2, 0.25) is 5.95 Å². The van der Waals surface area contributed by atoms with Gasteiger partial charge in [0.1, 0.15) is 12.4 Å². The van der Waals surface area contributed by atoms with E-state index in [1.54, 1.807) is 11.0 Å². The van der Waals surface area contributed by atoms with E-state index in [1.165, 1.54) is 24.5 Å². The Morgan fingerprint density at radius 3 is 2.68 bits per heavy atom. The number of anilines is 1. The average molecular weight is 437 g/mol. The largest absolute Gasteiger partial charge is 0.444 e. The van der Waals surface area contributed by atoms with Gasteiger partial charge in [0.05, 0.1) is 18.8 Å². The minimum absolute atomic E-state index is 0.118. The number of amides is 1. The molecule has 0 spiro atoms. The van der Waals surface area contributed by atoms with E-state index in [2.05, 4.69) is 20.0 Å². The van der Waals surface area contributed by atoms with Crippen LogP contribution in [0.15, 0.2) is 35.7 Å². The third-order valence-electron chi connectivity index (χ3n) is 4.05. The summed E-state index contributed by atoms with van der Waals surface area (Å²) in [5.41, 5.74) is 6.34. The molecule has 1 amide bonds. The number of guanidine groups is 1. The zero-order chi connectivity index (χ0) is 22.4. The maximum atomic E-state index is 14.8. The van der Waals surface area contributed by atoms with Crippen molar-refractivity contribution in [2.75, 3.05) is 24.6 Å². The molecule has 13 heteroatoms. The van der Waals surface area contributed by atoms with Crippen molar-refractivity contribution in [1.29, 1.82) is 5.41 Å². The van der Waals surface area contributed by atoms with Gasteiger partial charge in [0.15, 0.2) is 12.6 Å². The number of alkyl halides is 2. The number of carbonyl (C=O) groups excluding carboxylic acids is 1. The Morgan fingerprint density at radius 1 is 1.32 bits per heavy atom. The zero-order valence-electron chi connectivity index (χ0n) is 16.0. The Kier molecular flexibility index (Phi) is 6.85. The first-order valence-corrected chi connectivity index (χ1v) is 8.92. The molecule has 1 saturated heterocycles. The molecule has 1 aromatic heterocycles. The highest BCUT2D eigenvalue weighted by molar-refractivity contribution is 5.98. The first-order valence-electron chi connectivity index (χ1n) is 8.92. The van der Waals surface area contributed by atoms with E-state index in [1.807, 2.05) is 5.32 Å². The highest BCUT2D eigenvalue weighted by atomic mass is 19.3. The molecule has 2 heterocycles.